The van der Waals surface area contributed by atoms with Crippen molar-refractivity contribution in [2.24, 2.45) is 0 Å². The Morgan fingerprint density at radius 1 is 1.00 bits per heavy atom. The maximum Gasteiger partial charge on any atom is 0.220 e. The molecule has 0 aromatic heterocycles. The molecule has 2 aromatic carbocycles. The molecule has 0 radical (unpaired) electrons. The number of hydrogen-bond donors (Lipinski definition) is 1. The summed E-state index contributed by atoms with van der Waals surface area (Å²) >= 11 is 3.54. The Morgan fingerprint density at radius 2 is 1.65 bits per heavy atom. The van der Waals surface area contributed by atoms with Gasteiger partial charge >= 0.3 is 0 Å². The fourth-order valence-electron chi connectivity index (χ4n) is 3.25. The van der Waals surface area contributed by atoms with Gasteiger partial charge in [0.15, 0.2) is 0 Å². The molecule has 1 fully saturated rings. The van der Waals surface area contributed by atoms with E-state index in [1.54, 1.807) is 0 Å². The van der Waals surface area contributed by atoms with Crippen LogP contribution in [0.4, 0.5) is 5.69 Å². The minimum Gasteiger partial charge on any atom is -0.369 e. The topological polar surface area (TPSA) is 35.6 Å². The second-order valence-corrected chi connectivity index (χ2v) is 7.64. The molecule has 138 valence electrons. The molecule has 26 heavy (non-hydrogen) atoms. The van der Waals surface area contributed by atoms with E-state index in [2.05, 4.69) is 62.4 Å². The summed E-state index contributed by atoms with van der Waals surface area (Å²) in [4.78, 5) is 17.1. The summed E-state index contributed by atoms with van der Waals surface area (Å²) < 4.78 is 1.06. The fraction of sp³-hybridized carbons (Fsp3) is 0.381. The summed E-state index contributed by atoms with van der Waals surface area (Å²) in [6, 6.07) is 16.5. The first kappa shape index (κ1) is 18.9. The van der Waals surface area contributed by atoms with Gasteiger partial charge in [-0.05, 0) is 36.7 Å². The number of carbonyl (C=O) groups excluding carboxylic acids is 1. The Kier molecular flexibility index (Phi) is 6.69. The standard InChI is InChI=1S/C21H26BrN3O/c1-24-12-14-25(15-13-24)20-9-5-3-7-18(20)16-23-21(26)11-10-17-6-2-4-8-19(17)22/h2-9H,10-16H2,1H3,(H,23,26). The number of nitrogens with one attached hydrogen (secondary N) is 1. The van der Waals surface area contributed by atoms with Crippen molar-refractivity contribution in [1.82, 2.24) is 10.2 Å². The highest BCUT2D eigenvalue weighted by Crippen LogP contribution is 2.22. The van der Waals surface area contributed by atoms with Gasteiger partial charge in [-0.2, -0.15) is 0 Å². The number of anilines is 1. The summed E-state index contributed by atoms with van der Waals surface area (Å²) in [5, 5.41) is 3.09. The Morgan fingerprint density at radius 3 is 2.38 bits per heavy atom. The molecule has 1 N–H and O–H groups in total. The van der Waals surface area contributed by atoms with Gasteiger partial charge in [-0.25, -0.2) is 0 Å². The van der Waals surface area contributed by atoms with Crippen molar-refractivity contribution < 1.29 is 4.79 Å². The van der Waals surface area contributed by atoms with Crippen LogP contribution in [-0.4, -0.2) is 44.0 Å². The number of para-hydroxylation sites is 1. The zero-order valence-corrected chi connectivity index (χ0v) is 16.8. The van der Waals surface area contributed by atoms with Crippen molar-refractivity contribution in [2.45, 2.75) is 19.4 Å². The van der Waals surface area contributed by atoms with E-state index in [1.807, 2.05) is 24.3 Å². The monoisotopic (exact) mass is 415 g/mol. The van der Waals surface area contributed by atoms with E-state index >= 15 is 0 Å². The summed E-state index contributed by atoms with van der Waals surface area (Å²) in [6.07, 6.45) is 1.24. The smallest absolute Gasteiger partial charge is 0.220 e. The zero-order chi connectivity index (χ0) is 18.4. The second kappa shape index (κ2) is 9.19. The Labute approximate surface area is 164 Å². The molecule has 3 rings (SSSR count). The molecule has 1 saturated heterocycles. The normalized spacial score (nSPS) is 15.1. The fourth-order valence-corrected chi connectivity index (χ4v) is 3.73. The van der Waals surface area contributed by atoms with Crippen LogP contribution in [-0.2, 0) is 17.8 Å². The van der Waals surface area contributed by atoms with Crippen LogP contribution in [0.25, 0.3) is 0 Å². The average molecular weight is 416 g/mol. The summed E-state index contributed by atoms with van der Waals surface area (Å²) in [6.45, 7) is 4.80. The van der Waals surface area contributed by atoms with E-state index in [1.165, 1.54) is 16.8 Å². The molecular formula is C21H26BrN3O. The highest BCUT2D eigenvalue weighted by molar-refractivity contribution is 9.10. The van der Waals surface area contributed by atoms with Crippen molar-refractivity contribution >= 4 is 27.5 Å². The third-order valence-electron chi connectivity index (χ3n) is 4.89. The number of piperazine rings is 1. The van der Waals surface area contributed by atoms with Gasteiger partial charge in [0.2, 0.25) is 5.91 Å². The van der Waals surface area contributed by atoms with E-state index in [9.17, 15) is 4.79 Å². The first-order valence-corrected chi connectivity index (χ1v) is 9.94. The lowest BCUT2D eigenvalue weighted by Gasteiger charge is -2.35. The second-order valence-electron chi connectivity index (χ2n) is 6.79. The maximum absolute atomic E-state index is 12.3. The Hall–Kier alpha value is -1.85. The van der Waals surface area contributed by atoms with Crippen molar-refractivity contribution in [3.8, 4) is 0 Å². The van der Waals surface area contributed by atoms with Crippen LogP contribution in [0.2, 0.25) is 0 Å². The molecule has 1 amide bonds. The number of nitrogens with zero attached hydrogens (tertiary/aromatic N) is 2. The highest BCUT2D eigenvalue weighted by Gasteiger charge is 2.16. The third-order valence-corrected chi connectivity index (χ3v) is 5.66. The number of hydrogen-bond acceptors (Lipinski definition) is 3. The van der Waals surface area contributed by atoms with Gasteiger partial charge in [0.05, 0.1) is 0 Å². The molecule has 2 aromatic rings. The molecule has 1 aliphatic heterocycles. The van der Waals surface area contributed by atoms with Gasteiger partial charge in [0.1, 0.15) is 0 Å². The van der Waals surface area contributed by atoms with E-state index in [-0.39, 0.29) is 5.91 Å². The number of amides is 1. The Balaban J connectivity index is 1.54. The largest absolute Gasteiger partial charge is 0.369 e. The third kappa shape index (κ3) is 5.08. The predicted octanol–water partition coefficient (Wildman–Crippen LogP) is 3.45. The summed E-state index contributed by atoms with van der Waals surface area (Å²) in [5.74, 6) is 0.0916. The van der Waals surface area contributed by atoms with Crippen molar-refractivity contribution in [3.63, 3.8) is 0 Å². The average Bonchev–Trinajstić information content (AvgIpc) is 2.67. The Bertz CT molecular complexity index is 742. The molecule has 1 heterocycles. The zero-order valence-electron chi connectivity index (χ0n) is 15.2. The first-order chi connectivity index (χ1) is 12.6. The van der Waals surface area contributed by atoms with Crippen LogP contribution in [0, 0.1) is 0 Å². The summed E-state index contributed by atoms with van der Waals surface area (Å²) in [7, 11) is 2.16. The van der Waals surface area contributed by atoms with Crippen molar-refractivity contribution in [1.29, 1.82) is 0 Å². The van der Waals surface area contributed by atoms with Gasteiger partial charge in [-0.15, -0.1) is 0 Å². The van der Waals surface area contributed by atoms with E-state index in [0.29, 0.717) is 13.0 Å². The van der Waals surface area contributed by atoms with Crippen molar-refractivity contribution in [3.05, 3.63) is 64.1 Å². The van der Waals surface area contributed by atoms with Gasteiger partial charge in [0.25, 0.3) is 0 Å². The number of rotatable bonds is 6. The molecule has 1 aliphatic rings. The van der Waals surface area contributed by atoms with Crippen molar-refractivity contribution in [2.75, 3.05) is 38.1 Å². The SMILES string of the molecule is CN1CCN(c2ccccc2CNC(=O)CCc2ccccc2Br)CC1. The highest BCUT2D eigenvalue weighted by atomic mass is 79.9. The van der Waals surface area contributed by atoms with Crippen LogP contribution in [0.15, 0.2) is 53.0 Å². The van der Waals surface area contributed by atoms with Gasteiger partial charge in [-0.1, -0.05) is 52.3 Å². The lowest BCUT2D eigenvalue weighted by molar-refractivity contribution is -0.121. The van der Waals surface area contributed by atoms with Crippen LogP contribution >= 0.6 is 15.9 Å². The number of aryl methyl sites for hydroxylation is 1. The molecule has 0 spiro atoms. The van der Waals surface area contributed by atoms with Gasteiger partial charge in [-0.3, -0.25) is 4.79 Å². The predicted molar refractivity (Wildman–Crippen MR) is 110 cm³/mol. The minimum absolute atomic E-state index is 0.0916. The van der Waals surface area contributed by atoms with Gasteiger partial charge in [0, 0.05) is 49.3 Å². The maximum atomic E-state index is 12.3. The molecule has 5 heteroatoms. The molecule has 0 aliphatic carbocycles. The van der Waals surface area contributed by atoms with E-state index < -0.39 is 0 Å². The number of likely N-dealkylation sites (N-methyl/N-ethyl adjacent to an activating group) is 1. The van der Waals surface area contributed by atoms with Crippen LogP contribution in [0.5, 0.6) is 0 Å². The van der Waals surface area contributed by atoms with E-state index in [0.717, 1.165) is 37.1 Å². The minimum atomic E-state index is 0.0916. The lowest BCUT2D eigenvalue weighted by atomic mass is 10.1. The molecule has 0 unspecified atom stereocenters. The van der Waals surface area contributed by atoms with Crippen LogP contribution in [0.1, 0.15) is 17.5 Å². The van der Waals surface area contributed by atoms with Crippen LogP contribution < -0.4 is 10.2 Å². The van der Waals surface area contributed by atoms with Crippen LogP contribution in [0.3, 0.4) is 0 Å². The van der Waals surface area contributed by atoms with Gasteiger partial charge < -0.3 is 15.1 Å². The molecule has 0 bridgehead atoms. The lowest BCUT2D eigenvalue weighted by Crippen LogP contribution is -2.45. The number of halogens is 1. The molecular weight excluding hydrogens is 390 g/mol. The quantitative estimate of drug-likeness (QED) is 0.784. The first-order valence-electron chi connectivity index (χ1n) is 9.15. The summed E-state index contributed by atoms with van der Waals surface area (Å²) in [5.41, 5.74) is 3.60. The van der Waals surface area contributed by atoms with E-state index in [4.69, 9.17) is 0 Å². The molecule has 4 nitrogen and oxygen atoms in total. The number of benzene rings is 2. The number of carbonyl (C=O) groups is 1. The molecule has 0 saturated carbocycles. The molecule has 0 atom stereocenters.